The van der Waals surface area contributed by atoms with Gasteiger partial charge in [-0.3, -0.25) is 4.79 Å². The topological polar surface area (TPSA) is 97.9 Å². The van der Waals surface area contributed by atoms with Crippen molar-refractivity contribution in [1.82, 2.24) is 5.32 Å². The zero-order valence-corrected chi connectivity index (χ0v) is 17.6. The summed E-state index contributed by atoms with van der Waals surface area (Å²) in [5, 5.41) is 8.34. The van der Waals surface area contributed by atoms with E-state index in [0.29, 0.717) is 29.4 Å². The fourth-order valence-corrected chi connectivity index (χ4v) is 3.14. The first-order valence-electron chi connectivity index (χ1n) is 10.0. The molecule has 0 aromatic heterocycles. The van der Waals surface area contributed by atoms with Crippen LogP contribution in [0.3, 0.4) is 0 Å². The van der Waals surface area contributed by atoms with Crippen molar-refractivity contribution in [1.29, 1.82) is 0 Å². The van der Waals surface area contributed by atoms with Crippen molar-refractivity contribution in [2.45, 2.75) is 18.9 Å². The van der Waals surface area contributed by atoms with Crippen LogP contribution in [-0.2, 0) is 9.53 Å². The average Bonchev–Trinajstić information content (AvgIpc) is 3.31. The molecule has 3 amide bonds. The number of hydrogen-bond acceptors (Lipinski definition) is 5. The zero-order valence-electron chi connectivity index (χ0n) is 17.6. The third kappa shape index (κ3) is 6.75. The molecule has 1 heterocycles. The van der Waals surface area contributed by atoms with E-state index in [1.165, 1.54) is 6.08 Å². The molecule has 2 aromatic carbocycles. The van der Waals surface area contributed by atoms with Crippen LogP contribution in [0.25, 0.3) is 6.08 Å². The second-order valence-corrected chi connectivity index (χ2v) is 6.98. The van der Waals surface area contributed by atoms with Crippen LogP contribution in [0.1, 0.15) is 18.4 Å². The first-order valence-corrected chi connectivity index (χ1v) is 10.0. The van der Waals surface area contributed by atoms with E-state index in [1.54, 1.807) is 56.7 Å². The molecule has 2 aromatic rings. The summed E-state index contributed by atoms with van der Waals surface area (Å²) < 4.78 is 15.9. The van der Waals surface area contributed by atoms with Gasteiger partial charge < -0.3 is 30.2 Å². The Hall–Kier alpha value is -3.52. The summed E-state index contributed by atoms with van der Waals surface area (Å²) in [6.45, 7) is 1.25. The molecular weight excluding hydrogens is 398 g/mol. The summed E-state index contributed by atoms with van der Waals surface area (Å²) in [4.78, 5) is 24.2. The number of urea groups is 1. The lowest BCUT2D eigenvalue weighted by molar-refractivity contribution is -0.111. The Bertz CT molecular complexity index is 921. The fourth-order valence-electron chi connectivity index (χ4n) is 3.14. The van der Waals surface area contributed by atoms with Gasteiger partial charge in [0, 0.05) is 30.6 Å². The van der Waals surface area contributed by atoms with Gasteiger partial charge in [0.05, 0.1) is 20.3 Å². The highest BCUT2D eigenvalue weighted by atomic mass is 16.5. The maximum absolute atomic E-state index is 12.2. The van der Waals surface area contributed by atoms with Gasteiger partial charge in [-0.1, -0.05) is 6.07 Å². The van der Waals surface area contributed by atoms with Gasteiger partial charge in [0.2, 0.25) is 5.91 Å². The van der Waals surface area contributed by atoms with Crippen LogP contribution in [0, 0.1) is 0 Å². The number of ether oxygens (including phenoxy) is 3. The first-order chi connectivity index (χ1) is 15.1. The second kappa shape index (κ2) is 11.0. The predicted octanol–water partition coefficient (Wildman–Crippen LogP) is 3.66. The Labute approximate surface area is 181 Å². The second-order valence-electron chi connectivity index (χ2n) is 6.98. The van der Waals surface area contributed by atoms with Crippen molar-refractivity contribution in [3.05, 3.63) is 54.1 Å². The van der Waals surface area contributed by atoms with Crippen LogP contribution in [0.5, 0.6) is 11.5 Å². The number of nitrogens with one attached hydrogen (secondary N) is 3. The third-order valence-corrected chi connectivity index (χ3v) is 4.76. The monoisotopic (exact) mass is 425 g/mol. The van der Waals surface area contributed by atoms with Crippen molar-refractivity contribution in [2.24, 2.45) is 0 Å². The van der Waals surface area contributed by atoms with Gasteiger partial charge in [0.25, 0.3) is 0 Å². The van der Waals surface area contributed by atoms with E-state index >= 15 is 0 Å². The van der Waals surface area contributed by atoms with Gasteiger partial charge in [-0.25, -0.2) is 4.79 Å². The molecule has 1 aliphatic rings. The maximum atomic E-state index is 12.2. The number of methoxy groups -OCH3 is 2. The Kier molecular flexibility index (Phi) is 7.89. The smallest absolute Gasteiger partial charge is 0.319 e. The minimum atomic E-state index is -0.287. The molecule has 3 N–H and O–H groups in total. The molecule has 0 saturated carbocycles. The minimum Gasteiger partial charge on any atom is -0.493 e. The molecule has 8 heteroatoms. The van der Waals surface area contributed by atoms with Gasteiger partial charge >= 0.3 is 6.03 Å². The summed E-state index contributed by atoms with van der Waals surface area (Å²) in [6.07, 6.45) is 5.22. The number of hydrogen-bond donors (Lipinski definition) is 3. The van der Waals surface area contributed by atoms with Crippen molar-refractivity contribution in [3.8, 4) is 11.5 Å². The SMILES string of the molecule is COc1ccc(/C=C/C(=O)Nc2ccc(NC(=O)NCC3CCCO3)cc2)cc1OC. The van der Waals surface area contributed by atoms with Crippen molar-refractivity contribution >= 4 is 29.4 Å². The Morgan fingerprint density at radius 2 is 1.74 bits per heavy atom. The number of rotatable bonds is 8. The molecule has 1 unspecified atom stereocenters. The summed E-state index contributed by atoms with van der Waals surface area (Å²) in [5.41, 5.74) is 2.05. The average molecular weight is 425 g/mol. The quantitative estimate of drug-likeness (QED) is 0.561. The van der Waals surface area contributed by atoms with Gasteiger partial charge in [0.15, 0.2) is 11.5 Å². The van der Waals surface area contributed by atoms with Gasteiger partial charge in [-0.05, 0) is 60.9 Å². The lowest BCUT2D eigenvalue weighted by Crippen LogP contribution is -2.35. The highest BCUT2D eigenvalue weighted by Gasteiger charge is 2.16. The van der Waals surface area contributed by atoms with Crippen LogP contribution in [-0.4, -0.2) is 45.4 Å². The summed E-state index contributed by atoms with van der Waals surface area (Å²) >= 11 is 0. The molecular formula is C23H27N3O5. The highest BCUT2D eigenvalue weighted by Crippen LogP contribution is 2.28. The van der Waals surface area contributed by atoms with Gasteiger partial charge in [0.1, 0.15) is 0 Å². The number of benzene rings is 2. The van der Waals surface area contributed by atoms with E-state index < -0.39 is 0 Å². The number of carbonyl (C=O) groups is 2. The molecule has 31 heavy (non-hydrogen) atoms. The lowest BCUT2D eigenvalue weighted by atomic mass is 10.2. The zero-order chi connectivity index (χ0) is 22.1. The van der Waals surface area contributed by atoms with E-state index in [9.17, 15) is 9.59 Å². The Morgan fingerprint density at radius 1 is 1.03 bits per heavy atom. The molecule has 1 saturated heterocycles. The standard InChI is InChI=1S/C23H27N3O5/c1-29-20-11-5-16(14-21(20)30-2)6-12-22(27)25-17-7-9-18(10-8-17)26-23(28)24-15-19-4-3-13-31-19/h5-12,14,19H,3-4,13,15H2,1-2H3,(H,25,27)(H2,24,26,28)/b12-6+. The van der Waals surface area contributed by atoms with Crippen LogP contribution in [0.15, 0.2) is 48.5 Å². The van der Waals surface area contributed by atoms with Crippen molar-refractivity contribution in [3.63, 3.8) is 0 Å². The summed E-state index contributed by atoms with van der Waals surface area (Å²) in [6, 6.07) is 12.0. The molecule has 1 atom stereocenters. The van der Waals surface area contributed by atoms with Gasteiger partial charge in [-0.2, -0.15) is 0 Å². The summed E-state index contributed by atoms with van der Waals surface area (Å²) in [5.74, 6) is 0.941. The maximum Gasteiger partial charge on any atom is 0.319 e. The molecule has 164 valence electrons. The van der Waals surface area contributed by atoms with Crippen molar-refractivity contribution < 1.29 is 23.8 Å². The van der Waals surface area contributed by atoms with E-state index in [4.69, 9.17) is 14.2 Å². The van der Waals surface area contributed by atoms with Gasteiger partial charge in [-0.15, -0.1) is 0 Å². The largest absolute Gasteiger partial charge is 0.493 e. The van der Waals surface area contributed by atoms with E-state index in [0.717, 1.165) is 25.0 Å². The molecule has 1 aliphatic heterocycles. The van der Waals surface area contributed by atoms with Crippen molar-refractivity contribution in [2.75, 3.05) is 38.0 Å². The molecule has 0 spiro atoms. The molecule has 0 bridgehead atoms. The van der Waals surface area contributed by atoms with E-state index in [1.807, 2.05) is 6.07 Å². The number of amides is 3. The lowest BCUT2D eigenvalue weighted by Gasteiger charge is -2.12. The third-order valence-electron chi connectivity index (χ3n) is 4.76. The van der Waals surface area contributed by atoms with Crippen LogP contribution in [0.2, 0.25) is 0 Å². The van der Waals surface area contributed by atoms with Crippen LogP contribution >= 0.6 is 0 Å². The molecule has 8 nitrogen and oxygen atoms in total. The Balaban J connectivity index is 1.48. The predicted molar refractivity (Wildman–Crippen MR) is 120 cm³/mol. The number of anilines is 2. The fraction of sp³-hybridized carbons (Fsp3) is 0.304. The first kappa shape index (κ1) is 22.2. The normalized spacial score (nSPS) is 15.5. The van der Waals surface area contributed by atoms with E-state index in [2.05, 4.69) is 16.0 Å². The molecule has 3 rings (SSSR count). The summed E-state index contributed by atoms with van der Waals surface area (Å²) in [7, 11) is 3.13. The number of carbonyl (C=O) groups excluding carboxylic acids is 2. The molecule has 0 radical (unpaired) electrons. The Morgan fingerprint density at radius 3 is 2.39 bits per heavy atom. The van der Waals surface area contributed by atoms with Crippen LogP contribution < -0.4 is 25.4 Å². The molecule has 1 fully saturated rings. The minimum absolute atomic E-state index is 0.0930. The van der Waals surface area contributed by atoms with Crippen LogP contribution in [0.4, 0.5) is 16.2 Å². The van der Waals surface area contributed by atoms with E-state index in [-0.39, 0.29) is 18.0 Å². The highest BCUT2D eigenvalue weighted by molar-refractivity contribution is 6.02. The molecule has 0 aliphatic carbocycles.